The average Bonchev–Trinajstić information content (AvgIpc) is 2.91. The van der Waals surface area contributed by atoms with E-state index in [0.717, 1.165) is 43.6 Å². The number of rotatable bonds is 13. The standard InChI is InChI=1S/C28H37ClN2O5/c1-30-25(16-20-6-5-14-35-19-20)11-12-26(32)21-7-3-8-22(17-21)27(23-9-4-10-24(29)18-23)36-15-13-31-28(33)34-2/h3-4,7-10,17-18,20,25,27,30H,5-6,11-16,19H2,1-2H3,(H,31,33)/t20?,25?,27-/m1/s1. The van der Waals surface area contributed by atoms with Gasteiger partial charge in [-0.3, -0.25) is 4.79 Å². The Balaban J connectivity index is 1.66. The van der Waals surface area contributed by atoms with Crippen molar-refractivity contribution in [2.24, 2.45) is 5.92 Å². The predicted molar refractivity (Wildman–Crippen MR) is 141 cm³/mol. The number of carbonyl (C=O) groups excluding carboxylic acids is 2. The molecule has 0 bridgehead atoms. The van der Waals surface area contributed by atoms with Gasteiger partial charge in [0.2, 0.25) is 0 Å². The highest BCUT2D eigenvalue weighted by Gasteiger charge is 2.21. The zero-order valence-electron chi connectivity index (χ0n) is 21.1. The molecular weight excluding hydrogens is 480 g/mol. The van der Waals surface area contributed by atoms with Crippen LogP contribution >= 0.6 is 11.6 Å². The van der Waals surface area contributed by atoms with Gasteiger partial charge in [0.1, 0.15) is 6.10 Å². The fourth-order valence-electron chi connectivity index (χ4n) is 4.56. The van der Waals surface area contributed by atoms with Crippen molar-refractivity contribution in [1.82, 2.24) is 10.6 Å². The van der Waals surface area contributed by atoms with Gasteiger partial charge >= 0.3 is 6.09 Å². The van der Waals surface area contributed by atoms with Crippen molar-refractivity contribution in [1.29, 1.82) is 0 Å². The third-order valence-corrected chi connectivity index (χ3v) is 6.74. The van der Waals surface area contributed by atoms with E-state index in [1.807, 2.05) is 49.5 Å². The molecular formula is C28H37ClN2O5. The number of halogens is 1. The molecule has 7 nitrogen and oxygen atoms in total. The Labute approximate surface area is 218 Å². The molecule has 1 aliphatic rings. The maximum Gasteiger partial charge on any atom is 0.406 e. The van der Waals surface area contributed by atoms with E-state index in [4.69, 9.17) is 21.1 Å². The molecule has 0 spiro atoms. The molecule has 3 atom stereocenters. The van der Waals surface area contributed by atoms with Crippen LogP contribution in [0.15, 0.2) is 48.5 Å². The Hall–Kier alpha value is -2.45. The molecule has 1 saturated heterocycles. The molecule has 1 amide bonds. The highest BCUT2D eigenvalue weighted by molar-refractivity contribution is 6.30. The van der Waals surface area contributed by atoms with Crippen LogP contribution in [0.3, 0.4) is 0 Å². The first-order valence-corrected chi connectivity index (χ1v) is 12.9. The van der Waals surface area contributed by atoms with Gasteiger partial charge in [0.15, 0.2) is 5.78 Å². The Morgan fingerprint density at radius 3 is 2.64 bits per heavy atom. The molecule has 0 saturated carbocycles. The number of nitrogens with one attached hydrogen (secondary N) is 2. The maximum atomic E-state index is 13.1. The highest BCUT2D eigenvalue weighted by atomic mass is 35.5. The summed E-state index contributed by atoms with van der Waals surface area (Å²) in [6.45, 7) is 2.23. The predicted octanol–water partition coefficient (Wildman–Crippen LogP) is 5.17. The monoisotopic (exact) mass is 516 g/mol. The van der Waals surface area contributed by atoms with Crippen LogP contribution in [0.5, 0.6) is 0 Å². The number of benzene rings is 2. The van der Waals surface area contributed by atoms with Crippen LogP contribution in [-0.2, 0) is 14.2 Å². The van der Waals surface area contributed by atoms with Crippen LogP contribution in [-0.4, -0.2) is 58.4 Å². The molecule has 3 rings (SSSR count). The molecule has 36 heavy (non-hydrogen) atoms. The smallest absolute Gasteiger partial charge is 0.406 e. The Kier molecular flexibility index (Phi) is 11.7. The van der Waals surface area contributed by atoms with Crippen LogP contribution in [0.4, 0.5) is 4.79 Å². The lowest BCUT2D eigenvalue weighted by atomic mass is 9.91. The first-order valence-electron chi connectivity index (χ1n) is 12.6. The third-order valence-electron chi connectivity index (χ3n) is 6.50. The summed E-state index contributed by atoms with van der Waals surface area (Å²) in [5, 5.41) is 6.59. The van der Waals surface area contributed by atoms with Gasteiger partial charge in [-0.25, -0.2) is 4.79 Å². The zero-order valence-corrected chi connectivity index (χ0v) is 21.9. The number of methoxy groups -OCH3 is 1. The summed E-state index contributed by atoms with van der Waals surface area (Å²) in [6, 6.07) is 15.3. The van der Waals surface area contributed by atoms with Crippen molar-refractivity contribution in [3.8, 4) is 0 Å². The molecule has 0 aromatic heterocycles. The molecule has 196 valence electrons. The lowest BCUT2D eigenvalue weighted by Crippen LogP contribution is -2.31. The average molecular weight is 517 g/mol. The van der Waals surface area contributed by atoms with E-state index in [1.54, 1.807) is 6.07 Å². The molecule has 2 aromatic carbocycles. The van der Waals surface area contributed by atoms with Crippen molar-refractivity contribution < 1.29 is 23.8 Å². The van der Waals surface area contributed by atoms with E-state index in [-0.39, 0.29) is 18.4 Å². The molecule has 2 N–H and O–H groups in total. The van der Waals surface area contributed by atoms with Crippen LogP contribution in [0.2, 0.25) is 5.02 Å². The van der Waals surface area contributed by atoms with Gasteiger partial charge in [-0.1, -0.05) is 41.9 Å². The number of amides is 1. The summed E-state index contributed by atoms with van der Waals surface area (Å²) in [7, 11) is 3.28. The second-order valence-corrected chi connectivity index (χ2v) is 9.55. The summed E-state index contributed by atoms with van der Waals surface area (Å²) in [5.74, 6) is 0.660. The van der Waals surface area contributed by atoms with Crippen molar-refractivity contribution in [2.45, 2.75) is 44.2 Å². The second-order valence-electron chi connectivity index (χ2n) is 9.12. The van der Waals surface area contributed by atoms with Gasteiger partial charge < -0.3 is 24.8 Å². The minimum absolute atomic E-state index is 0.106. The number of Topliss-reactive ketones (excluding diaryl/α,β-unsaturated/α-hetero) is 1. The Morgan fingerprint density at radius 2 is 1.94 bits per heavy atom. The van der Waals surface area contributed by atoms with Crippen molar-refractivity contribution in [3.05, 3.63) is 70.2 Å². The largest absolute Gasteiger partial charge is 0.453 e. The first kappa shape index (κ1) is 28.1. The van der Waals surface area contributed by atoms with Crippen molar-refractivity contribution >= 4 is 23.5 Å². The minimum Gasteiger partial charge on any atom is -0.453 e. The SMILES string of the molecule is CNC(CCC(=O)c1cccc([C@@H](OCCNC(=O)OC)c2cccc(Cl)c2)c1)CC1CCCOC1. The molecule has 8 heteroatoms. The summed E-state index contributed by atoms with van der Waals surface area (Å²) < 4.78 is 16.4. The number of hydrogen-bond donors (Lipinski definition) is 2. The minimum atomic E-state index is -0.513. The molecule has 1 fully saturated rings. The summed E-state index contributed by atoms with van der Waals surface area (Å²) in [5.41, 5.74) is 2.38. The van der Waals surface area contributed by atoms with Crippen molar-refractivity contribution in [3.63, 3.8) is 0 Å². The van der Waals surface area contributed by atoms with E-state index in [9.17, 15) is 9.59 Å². The van der Waals surface area contributed by atoms with Gasteiger partial charge in [0.05, 0.1) is 13.7 Å². The summed E-state index contributed by atoms with van der Waals surface area (Å²) in [4.78, 5) is 24.5. The van der Waals surface area contributed by atoms with Crippen LogP contribution < -0.4 is 10.6 Å². The number of ketones is 1. The highest BCUT2D eigenvalue weighted by Crippen LogP contribution is 2.29. The Morgan fingerprint density at radius 1 is 1.17 bits per heavy atom. The third kappa shape index (κ3) is 8.89. The maximum absolute atomic E-state index is 13.1. The molecule has 0 radical (unpaired) electrons. The van der Waals surface area contributed by atoms with Gasteiger partial charge in [-0.2, -0.15) is 0 Å². The fraction of sp³-hybridized carbons (Fsp3) is 0.500. The topological polar surface area (TPSA) is 85.9 Å². The van der Waals surface area contributed by atoms with E-state index in [1.165, 1.54) is 13.5 Å². The fourth-order valence-corrected chi connectivity index (χ4v) is 4.76. The number of hydrogen-bond acceptors (Lipinski definition) is 6. The molecule has 1 heterocycles. The quantitative estimate of drug-likeness (QED) is 0.282. The zero-order chi connectivity index (χ0) is 25.8. The Bertz CT molecular complexity index is 980. The number of alkyl carbamates (subject to hydrolysis) is 1. The summed E-state index contributed by atoms with van der Waals surface area (Å²) >= 11 is 6.24. The molecule has 1 aliphatic heterocycles. The van der Waals surface area contributed by atoms with Crippen molar-refractivity contribution in [2.75, 3.05) is 40.5 Å². The van der Waals surface area contributed by atoms with Crippen LogP contribution in [0.1, 0.15) is 59.7 Å². The lowest BCUT2D eigenvalue weighted by Gasteiger charge is -2.26. The van der Waals surface area contributed by atoms with Gasteiger partial charge in [-0.15, -0.1) is 0 Å². The molecule has 2 unspecified atom stereocenters. The second kappa shape index (κ2) is 15.0. The number of ether oxygens (including phenoxy) is 3. The van der Waals surface area contributed by atoms with Gasteiger partial charge in [0, 0.05) is 42.8 Å². The van der Waals surface area contributed by atoms with E-state index in [0.29, 0.717) is 29.5 Å². The van der Waals surface area contributed by atoms with E-state index >= 15 is 0 Å². The van der Waals surface area contributed by atoms with Crippen LogP contribution in [0.25, 0.3) is 0 Å². The lowest BCUT2D eigenvalue weighted by molar-refractivity contribution is 0.0473. The van der Waals surface area contributed by atoms with Gasteiger partial charge in [0.25, 0.3) is 0 Å². The number of carbonyl (C=O) groups is 2. The first-order chi connectivity index (χ1) is 17.5. The van der Waals surface area contributed by atoms with E-state index in [2.05, 4.69) is 15.4 Å². The van der Waals surface area contributed by atoms with Gasteiger partial charge in [-0.05, 0) is 68.0 Å². The normalized spacial score (nSPS) is 17.2. The molecule has 0 aliphatic carbocycles. The summed E-state index contributed by atoms with van der Waals surface area (Å²) in [6.07, 6.45) is 3.62. The van der Waals surface area contributed by atoms with Crippen LogP contribution in [0, 0.1) is 5.92 Å². The molecule has 2 aromatic rings. The van der Waals surface area contributed by atoms with E-state index < -0.39 is 12.2 Å².